The fourth-order valence-corrected chi connectivity index (χ4v) is 2.77. The first-order valence-corrected chi connectivity index (χ1v) is 8.48. The molecule has 2 amide bonds. The van der Waals surface area contributed by atoms with Gasteiger partial charge in [0.1, 0.15) is 0 Å². The molecule has 26 heavy (non-hydrogen) atoms. The Bertz CT molecular complexity index is 923. The second-order valence-corrected chi connectivity index (χ2v) is 6.27. The molecule has 1 unspecified atom stereocenters. The highest BCUT2D eigenvalue weighted by Crippen LogP contribution is 2.19. The van der Waals surface area contributed by atoms with Gasteiger partial charge in [-0.25, -0.2) is 0 Å². The minimum Gasteiger partial charge on any atom is -0.349 e. The van der Waals surface area contributed by atoms with Gasteiger partial charge in [0, 0.05) is 18.1 Å². The van der Waals surface area contributed by atoms with Crippen LogP contribution in [0.2, 0.25) is 5.02 Å². The van der Waals surface area contributed by atoms with Gasteiger partial charge in [-0.1, -0.05) is 29.8 Å². The van der Waals surface area contributed by atoms with Crippen molar-refractivity contribution in [1.82, 2.24) is 25.2 Å². The summed E-state index contributed by atoms with van der Waals surface area (Å²) in [5.74, 6) is 0.226. The lowest BCUT2D eigenvalue weighted by molar-refractivity contribution is -0.123. The first kappa shape index (κ1) is 17.9. The molecule has 0 saturated heterocycles. The Morgan fingerprint density at radius 3 is 2.65 bits per heavy atom. The zero-order valence-corrected chi connectivity index (χ0v) is 14.9. The maximum absolute atomic E-state index is 12.4. The van der Waals surface area contributed by atoms with Crippen LogP contribution in [0.5, 0.6) is 0 Å². The number of nitrogens with zero attached hydrogens (tertiary/aromatic N) is 3. The van der Waals surface area contributed by atoms with Gasteiger partial charge in [0.2, 0.25) is 11.8 Å². The summed E-state index contributed by atoms with van der Waals surface area (Å²) in [5, 5.41) is 14.3. The van der Waals surface area contributed by atoms with Crippen LogP contribution in [0.4, 0.5) is 0 Å². The van der Waals surface area contributed by atoms with Crippen LogP contribution < -0.4 is 10.6 Å². The van der Waals surface area contributed by atoms with Crippen molar-refractivity contribution in [3.05, 3.63) is 65.1 Å². The number of fused-ring (bicyclic) bond motifs is 1. The molecule has 1 atom stereocenters. The Kier molecular flexibility index (Phi) is 5.48. The molecule has 0 spiro atoms. The second-order valence-electron chi connectivity index (χ2n) is 5.83. The number of hydrogen-bond acceptors (Lipinski definition) is 4. The average molecular weight is 372 g/mol. The van der Waals surface area contributed by atoms with E-state index in [-0.39, 0.29) is 24.8 Å². The standard InChI is InChI=1S/C18H18ClN5O2/c1-12(25)21-15(13-5-7-14(19)8-6-13)10-18(26)20-11-17-23-22-16-4-2-3-9-24(16)17/h2-9,15H,10-11H2,1H3,(H,20,26)(H,21,25). The molecule has 0 fully saturated rings. The molecule has 0 radical (unpaired) electrons. The summed E-state index contributed by atoms with van der Waals surface area (Å²) in [5.41, 5.74) is 1.53. The topological polar surface area (TPSA) is 88.4 Å². The van der Waals surface area contributed by atoms with E-state index in [1.807, 2.05) is 28.8 Å². The SMILES string of the molecule is CC(=O)NC(CC(=O)NCc1nnc2ccccn12)c1ccc(Cl)cc1. The van der Waals surface area contributed by atoms with Crippen LogP contribution in [0, 0.1) is 0 Å². The van der Waals surface area contributed by atoms with Crippen LogP contribution in [0.3, 0.4) is 0 Å². The van der Waals surface area contributed by atoms with E-state index in [0.717, 1.165) is 5.56 Å². The molecule has 3 rings (SSSR count). The summed E-state index contributed by atoms with van der Waals surface area (Å²) in [7, 11) is 0. The van der Waals surface area contributed by atoms with Crippen LogP contribution >= 0.6 is 11.6 Å². The van der Waals surface area contributed by atoms with E-state index in [1.54, 1.807) is 24.3 Å². The zero-order valence-electron chi connectivity index (χ0n) is 14.1. The summed E-state index contributed by atoms with van der Waals surface area (Å²) in [4.78, 5) is 23.8. The first-order chi connectivity index (χ1) is 12.5. The Hall–Kier alpha value is -2.93. The van der Waals surface area contributed by atoms with E-state index in [0.29, 0.717) is 16.5 Å². The Balaban J connectivity index is 1.65. The number of amides is 2. The summed E-state index contributed by atoms with van der Waals surface area (Å²) in [6.45, 7) is 1.67. The molecule has 2 N–H and O–H groups in total. The molecular formula is C18H18ClN5O2. The van der Waals surface area contributed by atoms with E-state index >= 15 is 0 Å². The molecule has 0 aliphatic heterocycles. The average Bonchev–Trinajstić information content (AvgIpc) is 3.03. The summed E-state index contributed by atoms with van der Waals surface area (Å²) >= 11 is 5.90. The van der Waals surface area contributed by atoms with Crippen LogP contribution in [0.1, 0.15) is 30.8 Å². The molecule has 2 aromatic heterocycles. The predicted molar refractivity (Wildman–Crippen MR) is 97.5 cm³/mol. The van der Waals surface area contributed by atoms with Crippen molar-refractivity contribution in [3.63, 3.8) is 0 Å². The van der Waals surface area contributed by atoms with E-state index in [4.69, 9.17) is 11.6 Å². The van der Waals surface area contributed by atoms with Gasteiger partial charge in [-0.15, -0.1) is 10.2 Å². The van der Waals surface area contributed by atoms with E-state index in [2.05, 4.69) is 20.8 Å². The van der Waals surface area contributed by atoms with Gasteiger partial charge in [-0.3, -0.25) is 14.0 Å². The van der Waals surface area contributed by atoms with Crippen LogP contribution in [-0.2, 0) is 16.1 Å². The van der Waals surface area contributed by atoms with Gasteiger partial charge in [-0.2, -0.15) is 0 Å². The van der Waals surface area contributed by atoms with Crippen molar-refractivity contribution >= 4 is 29.1 Å². The Labute approximate surface area is 155 Å². The smallest absolute Gasteiger partial charge is 0.222 e. The van der Waals surface area contributed by atoms with Crippen molar-refractivity contribution in [3.8, 4) is 0 Å². The molecule has 1 aromatic carbocycles. The highest BCUT2D eigenvalue weighted by Gasteiger charge is 2.17. The number of nitrogens with one attached hydrogen (secondary N) is 2. The van der Waals surface area contributed by atoms with Crippen molar-refractivity contribution in [2.45, 2.75) is 25.9 Å². The predicted octanol–water partition coefficient (Wildman–Crippen LogP) is 2.27. The lowest BCUT2D eigenvalue weighted by Gasteiger charge is -2.18. The van der Waals surface area contributed by atoms with Crippen LogP contribution in [-0.4, -0.2) is 26.4 Å². The summed E-state index contributed by atoms with van der Waals surface area (Å²) in [6, 6.07) is 12.2. The molecule has 0 bridgehead atoms. The van der Waals surface area contributed by atoms with Gasteiger partial charge in [0.15, 0.2) is 11.5 Å². The molecule has 3 aromatic rings. The number of hydrogen-bond donors (Lipinski definition) is 2. The number of carbonyl (C=O) groups excluding carboxylic acids is 2. The van der Waals surface area contributed by atoms with Crippen LogP contribution in [0.15, 0.2) is 48.7 Å². The molecule has 0 aliphatic rings. The van der Waals surface area contributed by atoms with Crippen molar-refractivity contribution in [1.29, 1.82) is 0 Å². The normalized spacial score (nSPS) is 11.9. The third kappa shape index (κ3) is 4.37. The van der Waals surface area contributed by atoms with Crippen molar-refractivity contribution in [2.75, 3.05) is 0 Å². The van der Waals surface area contributed by atoms with E-state index in [1.165, 1.54) is 6.92 Å². The highest BCUT2D eigenvalue weighted by molar-refractivity contribution is 6.30. The Morgan fingerprint density at radius 1 is 1.15 bits per heavy atom. The van der Waals surface area contributed by atoms with Gasteiger partial charge in [0.05, 0.1) is 19.0 Å². The number of pyridine rings is 1. The molecule has 7 nitrogen and oxygen atoms in total. The molecule has 0 saturated carbocycles. The Morgan fingerprint density at radius 2 is 1.92 bits per heavy atom. The maximum atomic E-state index is 12.4. The molecule has 2 heterocycles. The third-order valence-corrected chi connectivity index (χ3v) is 4.12. The highest BCUT2D eigenvalue weighted by atomic mass is 35.5. The van der Waals surface area contributed by atoms with Crippen molar-refractivity contribution in [2.24, 2.45) is 0 Å². The second kappa shape index (κ2) is 7.97. The number of benzene rings is 1. The first-order valence-electron chi connectivity index (χ1n) is 8.11. The number of aromatic nitrogens is 3. The lowest BCUT2D eigenvalue weighted by Crippen LogP contribution is -2.32. The third-order valence-electron chi connectivity index (χ3n) is 3.87. The summed E-state index contributed by atoms with van der Waals surface area (Å²) in [6.07, 6.45) is 1.95. The molecule has 0 aliphatic carbocycles. The summed E-state index contributed by atoms with van der Waals surface area (Å²) < 4.78 is 1.81. The molecule has 8 heteroatoms. The fraction of sp³-hybridized carbons (Fsp3) is 0.222. The van der Waals surface area contributed by atoms with Gasteiger partial charge in [-0.05, 0) is 29.8 Å². The minimum atomic E-state index is -0.431. The van der Waals surface area contributed by atoms with Crippen molar-refractivity contribution < 1.29 is 9.59 Å². The van der Waals surface area contributed by atoms with Gasteiger partial charge < -0.3 is 10.6 Å². The zero-order chi connectivity index (χ0) is 18.5. The number of rotatable bonds is 6. The quantitative estimate of drug-likeness (QED) is 0.695. The maximum Gasteiger partial charge on any atom is 0.222 e. The van der Waals surface area contributed by atoms with Gasteiger partial charge in [0.25, 0.3) is 0 Å². The molecule has 134 valence electrons. The fourth-order valence-electron chi connectivity index (χ4n) is 2.64. The van der Waals surface area contributed by atoms with E-state index < -0.39 is 6.04 Å². The number of halogens is 1. The van der Waals surface area contributed by atoms with Gasteiger partial charge >= 0.3 is 0 Å². The largest absolute Gasteiger partial charge is 0.349 e. The molecular weight excluding hydrogens is 354 g/mol. The van der Waals surface area contributed by atoms with Crippen LogP contribution in [0.25, 0.3) is 5.65 Å². The monoisotopic (exact) mass is 371 g/mol. The van der Waals surface area contributed by atoms with E-state index in [9.17, 15) is 9.59 Å². The minimum absolute atomic E-state index is 0.109. The lowest BCUT2D eigenvalue weighted by atomic mass is 10.0. The number of carbonyl (C=O) groups is 2.